The van der Waals surface area contributed by atoms with Crippen LogP contribution in [0.4, 0.5) is 16.2 Å². The van der Waals surface area contributed by atoms with Crippen LogP contribution in [-0.4, -0.2) is 24.6 Å². The summed E-state index contributed by atoms with van der Waals surface area (Å²) in [5, 5.41) is 5.43. The fourth-order valence-corrected chi connectivity index (χ4v) is 3.12. The number of amides is 2. The number of benzene rings is 3. The maximum absolute atomic E-state index is 13.1. The minimum Gasteiger partial charge on any atom is -0.450 e. The monoisotopic (exact) mass is 446 g/mol. The Bertz CT molecular complexity index is 1130. The van der Waals surface area contributed by atoms with E-state index in [1.165, 1.54) is 12.1 Å². The van der Waals surface area contributed by atoms with E-state index in [1.54, 1.807) is 43.3 Å². The Morgan fingerprint density at radius 2 is 1.58 bits per heavy atom. The lowest BCUT2D eigenvalue weighted by atomic mass is 10.1. The highest BCUT2D eigenvalue weighted by Gasteiger charge is 2.26. The fraction of sp³-hybridized carbons (Fsp3) is 0.192. The summed E-state index contributed by atoms with van der Waals surface area (Å²) in [7, 11) is 0. The van der Waals surface area contributed by atoms with Gasteiger partial charge in [0.25, 0.3) is 5.91 Å². The number of anilines is 2. The van der Waals surface area contributed by atoms with Crippen molar-refractivity contribution in [2.75, 3.05) is 17.2 Å². The normalized spacial score (nSPS) is 11.2. The van der Waals surface area contributed by atoms with Crippen LogP contribution in [0.1, 0.15) is 40.1 Å². The van der Waals surface area contributed by atoms with E-state index in [9.17, 15) is 14.4 Å². The van der Waals surface area contributed by atoms with Crippen molar-refractivity contribution in [2.24, 2.45) is 0 Å². The third-order valence-corrected chi connectivity index (χ3v) is 4.86. The number of carbonyl (C=O) groups excluding carboxylic acids is 3. The third-order valence-electron chi connectivity index (χ3n) is 4.86. The van der Waals surface area contributed by atoms with Gasteiger partial charge < -0.3 is 14.8 Å². The maximum atomic E-state index is 13.1. The summed E-state index contributed by atoms with van der Waals surface area (Å²) in [5.41, 5.74) is 3.82. The summed E-state index contributed by atoms with van der Waals surface area (Å²) in [5.74, 6) is -1.12. The van der Waals surface area contributed by atoms with E-state index in [2.05, 4.69) is 10.6 Å². The highest BCUT2D eigenvalue weighted by molar-refractivity contribution is 5.98. The summed E-state index contributed by atoms with van der Waals surface area (Å²) in [4.78, 5) is 37.5. The number of ether oxygens (including phenoxy) is 2. The first-order valence-electron chi connectivity index (χ1n) is 10.5. The van der Waals surface area contributed by atoms with Crippen molar-refractivity contribution >= 4 is 29.3 Å². The molecule has 7 nitrogen and oxygen atoms in total. The summed E-state index contributed by atoms with van der Waals surface area (Å²) < 4.78 is 10.5. The average molecular weight is 447 g/mol. The molecule has 0 spiro atoms. The molecule has 3 aromatic carbocycles. The molecule has 0 aliphatic carbocycles. The van der Waals surface area contributed by atoms with Gasteiger partial charge in [-0.25, -0.2) is 9.59 Å². The number of hydrogen-bond acceptors (Lipinski definition) is 5. The molecule has 0 saturated carbocycles. The smallest absolute Gasteiger partial charge is 0.411 e. The molecule has 0 bridgehead atoms. The Labute approximate surface area is 192 Å². The minimum absolute atomic E-state index is 0.241. The van der Waals surface area contributed by atoms with E-state index < -0.39 is 24.1 Å². The molecule has 0 aliphatic rings. The molecule has 3 aromatic rings. The van der Waals surface area contributed by atoms with Gasteiger partial charge in [-0.2, -0.15) is 0 Å². The zero-order chi connectivity index (χ0) is 23.8. The molecule has 0 radical (unpaired) electrons. The number of carbonyl (C=O) groups is 3. The van der Waals surface area contributed by atoms with Crippen LogP contribution in [0.2, 0.25) is 0 Å². The van der Waals surface area contributed by atoms with Crippen LogP contribution < -0.4 is 10.6 Å². The van der Waals surface area contributed by atoms with E-state index >= 15 is 0 Å². The van der Waals surface area contributed by atoms with Gasteiger partial charge >= 0.3 is 12.1 Å². The molecule has 3 rings (SSSR count). The van der Waals surface area contributed by atoms with Crippen molar-refractivity contribution in [1.29, 1.82) is 0 Å². The first kappa shape index (κ1) is 23.5. The molecule has 0 fully saturated rings. The Hall–Kier alpha value is -4.13. The number of nitrogens with one attached hydrogen (secondary N) is 2. The molecule has 0 heterocycles. The number of hydrogen-bond donors (Lipinski definition) is 2. The van der Waals surface area contributed by atoms with Crippen molar-refractivity contribution in [3.05, 3.63) is 95.1 Å². The van der Waals surface area contributed by atoms with Gasteiger partial charge in [-0.05, 0) is 62.2 Å². The summed E-state index contributed by atoms with van der Waals surface area (Å²) in [6.07, 6.45) is -1.73. The van der Waals surface area contributed by atoms with Gasteiger partial charge in [0.1, 0.15) is 0 Å². The standard InChI is InChI=1S/C26H26N2O5/c1-4-32-26(31)27-21-14-12-20(13-15-21)25(30)33-23(19-8-6-5-7-9-19)24(29)28-22-16-17(2)10-11-18(22)3/h5-16,23H,4H2,1-3H3,(H,27,31)(H,28,29). The number of rotatable bonds is 7. The van der Waals surface area contributed by atoms with Gasteiger partial charge in [0.2, 0.25) is 6.10 Å². The summed E-state index contributed by atoms with van der Waals surface area (Å²) in [6.45, 7) is 5.79. The molecule has 170 valence electrons. The summed E-state index contributed by atoms with van der Waals surface area (Å²) >= 11 is 0. The average Bonchev–Trinajstić information content (AvgIpc) is 2.81. The molecule has 1 unspecified atom stereocenters. The predicted molar refractivity (Wildman–Crippen MR) is 126 cm³/mol. The Kier molecular flexibility index (Phi) is 7.81. The second-order valence-corrected chi connectivity index (χ2v) is 7.43. The van der Waals surface area contributed by atoms with E-state index in [1.807, 2.05) is 38.1 Å². The van der Waals surface area contributed by atoms with Gasteiger partial charge in [-0.3, -0.25) is 10.1 Å². The molecule has 2 N–H and O–H groups in total. The van der Waals surface area contributed by atoms with E-state index in [0.29, 0.717) is 16.9 Å². The van der Waals surface area contributed by atoms with Crippen LogP contribution in [0.15, 0.2) is 72.8 Å². The van der Waals surface area contributed by atoms with Crippen LogP contribution >= 0.6 is 0 Å². The molecule has 2 amide bonds. The Morgan fingerprint density at radius 1 is 0.879 bits per heavy atom. The van der Waals surface area contributed by atoms with Gasteiger partial charge in [0.05, 0.1) is 12.2 Å². The first-order valence-corrected chi connectivity index (χ1v) is 10.5. The van der Waals surface area contributed by atoms with Crippen molar-refractivity contribution in [2.45, 2.75) is 26.9 Å². The molecule has 0 saturated heterocycles. The van der Waals surface area contributed by atoms with E-state index in [0.717, 1.165) is 11.1 Å². The minimum atomic E-state index is -1.14. The zero-order valence-corrected chi connectivity index (χ0v) is 18.8. The predicted octanol–water partition coefficient (Wildman–Crippen LogP) is 5.41. The molecule has 7 heteroatoms. The first-order chi connectivity index (χ1) is 15.9. The van der Waals surface area contributed by atoms with E-state index in [4.69, 9.17) is 9.47 Å². The molecule has 0 aromatic heterocycles. The molecule has 33 heavy (non-hydrogen) atoms. The molecular weight excluding hydrogens is 420 g/mol. The highest BCUT2D eigenvalue weighted by atomic mass is 16.6. The molecule has 0 aliphatic heterocycles. The largest absolute Gasteiger partial charge is 0.450 e. The van der Waals surface area contributed by atoms with Crippen LogP contribution in [0, 0.1) is 13.8 Å². The van der Waals surface area contributed by atoms with Crippen molar-refractivity contribution in [3.63, 3.8) is 0 Å². The lowest BCUT2D eigenvalue weighted by Gasteiger charge is -2.19. The van der Waals surface area contributed by atoms with Crippen molar-refractivity contribution in [1.82, 2.24) is 0 Å². The SMILES string of the molecule is CCOC(=O)Nc1ccc(C(=O)OC(C(=O)Nc2cc(C)ccc2C)c2ccccc2)cc1. The van der Waals surface area contributed by atoms with Crippen LogP contribution in [0.5, 0.6) is 0 Å². The third kappa shape index (κ3) is 6.43. The summed E-state index contributed by atoms with van der Waals surface area (Å²) in [6, 6.07) is 20.7. The van der Waals surface area contributed by atoms with Crippen LogP contribution in [-0.2, 0) is 14.3 Å². The van der Waals surface area contributed by atoms with Crippen molar-refractivity contribution in [3.8, 4) is 0 Å². The van der Waals surface area contributed by atoms with Gasteiger partial charge in [0, 0.05) is 16.9 Å². The lowest BCUT2D eigenvalue weighted by molar-refractivity contribution is -0.125. The number of aryl methyl sites for hydroxylation is 2. The van der Waals surface area contributed by atoms with Crippen LogP contribution in [0.3, 0.4) is 0 Å². The Morgan fingerprint density at radius 3 is 2.24 bits per heavy atom. The second-order valence-electron chi connectivity index (χ2n) is 7.43. The zero-order valence-electron chi connectivity index (χ0n) is 18.8. The lowest BCUT2D eigenvalue weighted by Crippen LogP contribution is -2.26. The quantitative estimate of drug-likeness (QED) is 0.474. The van der Waals surface area contributed by atoms with Gasteiger partial charge in [-0.15, -0.1) is 0 Å². The second kappa shape index (κ2) is 10.9. The topological polar surface area (TPSA) is 93.7 Å². The van der Waals surface area contributed by atoms with E-state index in [-0.39, 0.29) is 12.2 Å². The highest BCUT2D eigenvalue weighted by Crippen LogP contribution is 2.24. The van der Waals surface area contributed by atoms with Gasteiger partial charge in [0.15, 0.2) is 0 Å². The molecular formula is C26H26N2O5. The molecule has 1 atom stereocenters. The fourth-order valence-electron chi connectivity index (χ4n) is 3.12. The number of esters is 1. The van der Waals surface area contributed by atoms with Crippen LogP contribution in [0.25, 0.3) is 0 Å². The van der Waals surface area contributed by atoms with Crippen molar-refractivity contribution < 1.29 is 23.9 Å². The Balaban J connectivity index is 1.78. The van der Waals surface area contributed by atoms with Gasteiger partial charge in [-0.1, -0.05) is 42.5 Å². The maximum Gasteiger partial charge on any atom is 0.411 e.